The van der Waals surface area contributed by atoms with E-state index in [2.05, 4.69) is 4.98 Å². The normalized spacial score (nSPS) is 10.1. The highest BCUT2D eigenvalue weighted by molar-refractivity contribution is 7.99. The molecule has 1 aromatic heterocycles. The quantitative estimate of drug-likeness (QED) is 0.859. The maximum atomic E-state index is 11.6. The van der Waals surface area contributed by atoms with Crippen molar-refractivity contribution in [2.75, 3.05) is 12.8 Å². The molecule has 2 aromatic rings. The summed E-state index contributed by atoms with van der Waals surface area (Å²) in [6.07, 6.45) is 1.53. The number of nitrogen functional groups attached to an aromatic ring is 1. The molecule has 2 N–H and O–H groups in total. The van der Waals surface area contributed by atoms with Gasteiger partial charge in [0.2, 0.25) is 0 Å². The lowest BCUT2D eigenvalue weighted by atomic mass is 10.3. The molecule has 0 bridgehead atoms. The van der Waals surface area contributed by atoms with E-state index < -0.39 is 5.97 Å². The summed E-state index contributed by atoms with van der Waals surface area (Å²) in [5, 5.41) is 0.585. The zero-order chi connectivity index (χ0) is 13.0. The van der Waals surface area contributed by atoms with Crippen molar-refractivity contribution in [3.63, 3.8) is 0 Å². The van der Waals surface area contributed by atoms with Gasteiger partial charge in [-0.1, -0.05) is 30.0 Å². The lowest BCUT2D eigenvalue weighted by Crippen LogP contribution is -2.05. The molecule has 18 heavy (non-hydrogen) atoms. The van der Waals surface area contributed by atoms with E-state index in [-0.39, 0.29) is 0 Å². The van der Waals surface area contributed by atoms with Crippen LogP contribution in [0.2, 0.25) is 0 Å². The van der Waals surface area contributed by atoms with Crippen molar-refractivity contribution in [1.82, 2.24) is 4.98 Å². The summed E-state index contributed by atoms with van der Waals surface area (Å²) < 4.78 is 4.72. The summed E-state index contributed by atoms with van der Waals surface area (Å²) in [7, 11) is 1.34. The van der Waals surface area contributed by atoms with E-state index in [0.717, 1.165) is 4.90 Å². The molecule has 92 valence electrons. The topological polar surface area (TPSA) is 65.2 Å². The Hall–Kier alpha value is -2.01. The van der Waals surface area contributed by atoms with Crippen LogP contribution in [0.25, 0.3) is 0 Å². The fourth-order valence-corrected chi connectivity index (χ4v) is 2.28. The van der Waals surface area contributed by atoms with E-state index in [4.69, 9.17) is 10.5 Å². The minimum absolute atomic E-state index is 0.381. The number of hydrogen-bond donors (Lipinski definition) is 1. The Bertz CT molecular complexity index is 558. The summed E-state index contributed by atoms with van der Waals surface area (Å²) in [5.74, 6) is -0.437. The van der Waals surface area contributed by atoms with Crippen molar-refractivity contribution >= 4 is 23.4 Å². The first-order valence-electron chi connectivity index (χ1n) is 5.27. The molecule has 0 aliphatic heterocycles. The van der Waals surface area contributed by atoms with E-state index in [1.54, 1.807) is 6.07 Å². The van der Waals surface area contributed by atoms with Gasteiger partial charge in [-0.2, -0.15) is 0 Å². The average molecular weight is 260 g/mol. The van der Waals surface area contributed by atoms with Crippen LogP contribution in [0.3, 0.4) is 0 Å². The van der Waals surface area contributed by atoms with E-state index >= 15 is 0 Å². The van der Waals surface area contributed by atoms with Crippen LogP contribution in [0, 0.1) is 0 Å². The first-order valence-corrected chi connectivity index (χ1v) is 6.09. The van der Waals surface area contributed by atoms with E-state index in [9.17, 15) is 4.79 Å². The molecule has 0 aliphatic carbocycles. The number of carbonyl (C=O) groups excluding carboxylic acids is 1. The summed E-state index contributed by atoms with van der Waals surface area (Å²) in [6.45, 7) is 0. The third kappa shape index (κ3) is 2.81. The predicted molar refractivity (Wildman–Crippen MR) is 70.6 cm³/mol. The third-order valence-corrected chi connectivity index (χ3v) is 3.26. The van der Waals surface area contributed by atoms with Crippen molar-refractivity contribution < 1.29 is 9.53 Å². The summed E-state index contributed by atoms with van der Waals surface area (Å²) in [4.78, 5) is 16.8. The van der Waals surface area contributed by atoms with Crippen LogP contribution in [0.5, 0.6) is 0 Å². The number of anilines is 1. The van der Waals surface area contributed by atoms with Crippen LogP contribution in [-0.4, -0.2) is 18.1 Å². The van der Waals surface area contributed by atoms with Crippen molar-refractivity contribution in [2.24, 2.45) is 0 Å². The maximum Gasteiger partial charge on any atom is 0.340 e. The summed E-state index contributed by atoms with van der Waals surface area (Å²) >= 11 is 1.40. The van der Waals surface area contributed by atoms with E-state index in [0.29, 0.717) is 16.3 Å². The van der Waals surface area contributed by atoms with Crippen molar-refractivity contribution in [1.29, 1.82) is 0 Å². The fraction of sp³-hybridized carbons (Fsp3) is 0.0769. The number of nitrogens with zero attached hydrogens (tertiary/aromatic N) is 1. The Morgan fingerprint density at radius 3 is 2.72 bits per heavy atom. The highest BCUT2D eigenvalue weighted by Gasteiger charge is 2.14. The zero-order valence-corrected chi connectivity index (χ0v) is 10.6. The molecule has 0 unspecified atom stereocenters. The molecular weight excluding hydrogens is 248 g/mol. The van der Waals surface area contributed by atoms with Crippen LogP contribution in [0.15, 0.2) is 52.5 Å². The minimum atomic E-state index is -0.437. The molecular formula is C13H12N2O2S. The minimum Gasteiger partial charge on any atom is -0.465 e. The van der Waals surface area contributed by atoms with Gasteiger partial charge in [-0.05, 0) is 18.2 Å². The van der Waals surface area contributed by atoms with Gasteiger partial charge in [0.25, 0.3) is 0 Å². The number of benzene rings is 1. The van der Waals surface area contributed by atoms with Crippen LogP contribution in [-0.2, 0) is 4.74 Å². The molecule has 0 aliphatic rings. The number of pyridine rings is 1. The molecule has 0 spiro atoms. The van der Waals surface area contributed by atoms with E-state index in [1.165, 1.54) is 25.1 Å². The molecule has 0 radical (unpaired) electrons. The molecule has 5 heteroatoms. The number of ether oxygens (including phenoxy) is 1. The monoisotopic (exact) mass is 260 g/mol. The Morgan fingerprint density at radius 2 is 2.06 bits per heavy atom. The number of hydrogen-bond acceptors (Lipinski definition) is 5. The second kappa shape index (κ2) is 5.55. The van der Waals surface area contributed by atoms with Gasteiger partial charge in [-0.25, -0.2) is 9.78 Å². The second-order valence-corrected chi connectivity index (χ2v) is 4.59. The van der Waals surface area contributed by atoms with Gasteiger partial charge in [0.05, 0.1) is 24.6 Å². The average Bonchev–Trinajstić information content (AvgIpc) is 2.41. The lowest BCUT2D eigenvalue weighted by molar-refractivity contribution is 0.0596. The van der Waals surface area contributed by atoms with Gasteiger partial charge in [-0.3, -0.25) is 0 Å². The first kappa shape index (κ1) is 12.4. The van der Waals surface area contributed by atoms with Gasteiger partial charge >= 0.3 is 5.97 Å². The highest BCUT2D eigenvalue weighted by atomic mass is 32.2. The molecule has 0 fully saturated rings. The molecule has 0 atom stereocenters. The van der Waals surface area contributed by atoms with Gasteiger partial charge in [-0.15, -0.1) is 0 Å². The van der Waals surface area contributed by atoms with Crippen molar-refractivity contribution in [3.8, 4) is 0 Å². The largest absolute Gasteiger partial charge is 0.465 e. The lowest BCUT2D eigenvalue weighted by Gasteiger charge is -2.07. The Morgan fingerprint density at radius 1 is 1.33 bits per heavy atom. The number of methoxy groups -OCH3 is 1. The number of esters is 1. The van der Waals surface area contributed by atoms with Gasteiger partial charge in [0.1, 0.15) is 5.03 Å². The molecule has 0 saturated heterocycles. The van der Waals surface area contributed by atoms with Crippen LogP contribution < -0.4 is 5.73 Å². The first-order chi connectivity index (χ1) is 8.70. The number of aromatic nitrogens is 1. The van der Waals surface area contributed by atoms with Crippen molar-refractivity contribution in [2.45, 2.75) is 9.92 Å². The smallest absolute Gasteiger partial charge is 0.340 e. The third-order valence-electron chi connectivity index (χ3n) is 2.24. The highest BCUT2D eigenvalue weighted by Crippen LogP contribution is 2.29. The predicted octanol–water partition coefficient (Wildman–Crippen LogP) is 2.60. The second-order valence-electron chi connectivity index (χ2n) is 3.53. The Kier molecular flexibility index (Phi) is 3.84. The summed E-state index contributed by atoms with van der Waals surface area (Å²) in [5.41, 5.74) is 6.45. The maximum absolute atomic E-state index is 11.6. The number of nitrogens with two attached hydrogens (primary N) is 1. The Balaban J connectivity index is 2.35. The van der Waals surface area contributed by atoms with Gasteiger partial charge in [0.15, 0.2) is 0 Å². The van der Waals surface area contributed by atoms with Crippen LogP contribution in [0.1, 0.15) is 10.4 Å². The Labute approximate surface area is 109 Å². The van der Waals surface area contributed by atoms with Gasteiger partial charge < -0.3 is 10.5 Å². The molecule has 2 rings (SSSR count). The summed E-state index contributed by atoms with van der Waals surface area (Å²) in [6, 6.07) is 11.3. The standard InChI is InChI=1S/C13H12N2O2S/c1-17-13(16)11-7-9(14)8-15-12(11)18-10-5-3-2-4-6-10/h2-8H,14H2,1H3. The molecule has 0 saturated carbocycles. The zero-order valence-electron chi connectivity index (χ0n) is 9.79. The van der Waals surface area contributed by atoms with E-state index in [1.807, 2.05) is 30.3 Å². The van der Waals surface area contributed by atoms with Gasteiger partial charge in [0, 0.05) is 4.90 Å². The molecule has 0 amide bonds. The SMILES string of the molecule is COC(=O)c1cc(N)cnc1Sc1ccccc1. The molecule has 1 aromatic carbocycles. The number of carbonyl (C=O) groups is 1. The molecule has 4 nitrogen and oxygen atoms in total. The fourth-order valence-electron chi connectivity index (χ4n) is 1.41. The van der Waals surface area contributed by atoms with Crippen LogP contribution in [0.4, 0.5) is 5.69 Å². The van der Waals surface area contributed by atoms with Crippen molar-refractivity contribution in [3.05, 3.63) is 48.2 Å². The van der Waals surface area contributed by atoms with Crippen LogP contribution >= 0.6 is 11.8 Å². The number of rotatable bonds is 3. The molecule has 1 heterocycles.